The van der Waals surface area contributed by atoms with E-state index in [2.05, 4.69) is 21.1 Å². The minimum atomic E-state index is -0.526. The second kappa shape index (κ2) is 6.78. The van der Waals surface area contributed by atoms with Crippen LogP contribution in [-0.2, 0) is 6.61 Å². The Balaban J connectivity index is 2.26. The third kappa shape index (κ3) is 3.65. The number of halogens is 3. The number of benzene rings is 2. The largest absolute Gasteiger partial charge is 0.488 e. The van der Waals surface area contributed by atoms with Gasteiger partial charge in [0.1, 0.15) is 18.2 Å². The van der Waals surface area contributed by atoms with Crippen molar-refractivity contribution in [3.8, 4) is 5.75 Å². The van der Waals surface area contributed by atoms with E-state index in [1.807, 2.05) is 0 Å². The zero-order valence-corrected chi connectivity index (χ0v) is 13.0. The normalized spacial score (nSPS) is 11.5. The van der Waals surface area contributed by atoms with Gasteiger partial charge < -0.3 is 15.7 Å². The van der Waals surface area contributed by atoms with E-state index in [1.54, 1.807) is 30.3 Å². The summed E-state index contributed by atoms with van der Waals surface area (Å²) < 4.78 is 20.1. The number of nitrogens with zero attached hydrogens (tertiary/aromatic N) is 1. The zero-order chi connectivity index (χ0) is 15.4. The van der Waals surface area contributed by atoms with Crippen LogP contribution in [0.1, 0.15) is 11.1 Å². The van der Waals surface area contributed by atoms with Crippen molar-refractivity contribution in [2.45, 2.75) is 6.61 Å². The number of hydrogen-bond donors (Lipinski definition) is 2. The maximum Gasteiger partial charge on any atom is 0.173 e. The predicted octanol–water partition coefficient (Wildman–Crippen LogP) is 3.92. The average Bonchev–Trinajstić information content (AvgIpc) is 2.49. The molecule has 0 aromatic heterocycles. The van der Waals surface area contributed by atoms with Crippen molar-refractivity contribution in [1.29, 1.82) is 0 Å². The first-order valence-electron chi connectivity index (χ1n) is 5.86. The molecule has 110 valence electrons. The molecule has 0 radical (unpaired) electrons. The summed E-state index contributed by atoms with van der Waals surface area (Å²) >= 11 is 9.00. The van der Waals surface area contributed by atoms with E-state index in [1.165, 1.54) is 6.07 Å². The third-order valence-corrected chi connectivity index (χ3v) is 3.53. The first kappa shape index (κ1) is 15.6. The lowest BCUT2D eigenvalue weighted by atomic mass is 10.2. The Morgan fingerprint density at radius 3 is 2.86 bits per heavy atom. The predicted molar refractivity (Wildman–Crippen MR) is 82.4 cm³/mol. The molecular formula is C14H11BrClFN2O2. The van der Waals surface area contributed by atoms with Gasteiger partial charge in [-0.05, 0) is 24.3 Å². The lowest BCUT2D eigenvalue weighted by molar-refractivity contribution is 0.297. The maximum absolute atomic E-state index is 13.8. The highest BCUT2D eigenvalue weighted by molar-refractivity contribution is 9.10. The fourth-order valence-electron chi connectivity index (χ4n) is 1.70. The standard InChI is InChI=1S/C14H11BrClFN2O2/c15-9-4-5-12(10(6-9)14(18)19-20)21-7-8-2-1-3-11(16)13(8)17/h1-6,20H,7H2,(H2,18,19). The van der Waals surface area contributed by atoms with Crippen molar-refractivity contribution in [2.75, 3.05) is 0 Å². The second-order valence-electron chi connectivity index (χ2n) is 4.13. The van der Waals surface area contributed by atoms with Crippen molar-refractivity contribution in [3.05, 3.63) is 62.8 Å². The molecule has 0 aliphatic rings. The van der Waals surface area contributed by atoms with E-state index in [9.17, 15) is 4.39 Å². The van der Waals surface area contributed by atoms with Gasteiger partial charge in [0.05, 0.1) is 10.6 Å². The highest BCUT2D eigenvalue weighted by Crippen LogP contribution is 2.25. The first-order valence-corrected chi connectivity index (χ1v) is 7.03. The molecule has 0 saturated carbocycles. The van der Waals surface area contributed by atoms with Gasteiger partial charge in [0.25, 0.3) is 0 Å². The Hall–Kier alpha value is -1.79. The Morgan fingerprint density at radius 2 is 2.14 bits per heavy atom. The molecule has 2 rings (SSSR count). The van der Waals surface area contributed by atoms with Gasteiger partial charge in [-0.3, -0.25) is 0 Å². The molecule has 3 N–H and O–H groups in total. The number of ether oxygens (including phenoxy) is 1. The molecule has 0 aliphatic heterocycles. The minimum Gasteiger partial charge on any atom is -0.488 e. The first-order chi connectivity index (χ1) is 10.0. The van der Waals surface area contributed by atoms with Gasteiger partial charge in [-0.25, -0.2) is 4.39 Å². The fourth-order valence-corrected chi connectivity index (χ4v) is 2.25. The monoisotopic (exact) mass is 372 g/mol. The van der Waals surface area contributed by atoms with E-state index < -0.39 is 5.82 Å². The summed E-state index contributed by atoms with van der Waals surface area (Å²) in [6, 6.07) is 9.68. The quantitative estimate of drug-likeness (QED) is 0.369. The highest BCUT2D eigenvalue weighted by atomic mass is 79.9. The highest BCUT2D eigenvalue weighted by Gasteiger charge is 2.11. The fraction of sp³-hybridized carbons (Fsp3) is 0.0714. The van der Waals surface area contributed by atoms with Crippen LogP contribution in [0.4, 0.5) is 4.39 Å². The van der Waals surface area contributed by atoms with Crippen molar-refractivity contribution < 1.29 is 14.3 Å². The Kier molecular flexibility index (Phi) is 5.03. The topological polar surface area (TPSA) is 67.8 Å². The van der Waals surface area contributed by atoms with Crippen LogP contribution in [0.5, 0.6) is 5.75 Å². The van der Waals surface area contributed by atoms with Gasteiger partial charge in [-0.15, -0.1) is 0 Å². The number of nitrogens with two attached hydrogens (primary N) is 1. The molecule has 2 aromatic carbocycles. The number of hydrogen-bond acceptors (Lipinski definition) is 3. The van der Waals surface area contributed by atoms with E-state index >= 15 is 0 Å². The number of rotatable bonds is 4. The molecule has 0 amide bonds. The summed E-state index contributed by atoms with van der Waals surface area (Å²) in [7, 11) is 0. The van der Waals surface area contributed by atoms with Crippen molar-refractivity contribution in [3.63, 3.8) is 0 Å². The lowest BCUT2D eigenvalue weighted by Gasteiger charge is -2.12. The van der Waals surface area contributed by atoms with E-state index in [0.29, 0.717) is 16.9 Å². The summed E-state index contributed by atoms with van der Waals surface area (Å²) in [5, 5.41) is 11.8. The molecule has 0 bridgehead atoms. The van der Waals surface area contributed by atoms with Crippen LogP contribution < -0.4 is 10.5 Å². The molecule has 0 atom stereocenters. The summed E-state index contributed by atoms with van der Waals surface area (Å²) in [6.07, 6.45) is 0. The van der Waals surface area contributed by atoms with E-state index in [4.69, 9.17) is 27.3 Å². The molecule has 2 aromatic rings. The van der Waals surface area contributed by atoms with E-state index in [0.717, 1.165) is 4.47 Å². The molecule has 0 heterocycles. The maximum atomic E-state index is 13.8. The molecule has 0 spiro atoms. The van der Waals surface area contributed by atoms with Crippen molar-refractivity contribution >= 4 is 33.4 Å². The summed E-state index contributed by atoms with van der Waals surface area (Å²) in [6.45, 7) is -0.0280. The molecule has 0 saturated heterocycles. The molecule has 21 heavy (non-hydrogen) atoms. The smallest absolute Gasteiger partial charge is 0.173 e. The van der Waals surface area contributed by atoms with Crippen LogP contribution in [-0.4, -0.2) is 11.0 Å². The third-order valence-electron chi connectivity index (χ3n) is 2.74. The van der Waals surface area contributed by atoms with Crippen LogP contribution in [0.25, 0.3) is 0 Å². The van der Waals surface area contributed by atoms with Crippen LogP contribution in [0.2, 0.25) is 5.02 Å². The summed E-state index contributed by atoms with van der Waals surface area (Å²) in [5.74, 6) is -0.257. The molecule has 7 heteroatoms. The minimum absolute atomic E-state index is 0.0280. The van der Waals surface area contributed by atoms with Gasteiger partial charge in [0.2, 0.25) is 0 Å². The van der Waals surface area contributed by atoms with Gasteiger partial charge in [0.15, 0.2) is 5.84 Å². The van der Waals surface area contributed by atoms with Crippen LogP contribution >= 0.6 is 27.5 Å². The molecule has 0 aliphatic carbocycles. The number of amidine groups is 1. The molecule has 0 fully saturated rings. The zero-order valence-electron chi connectivity index (χ0n) is 10.7. The SMILES string of the molecule is N/C(=N/O)c1cc(Br)ccc1OCc1cccc(Cl)c1F. The van der Waals surface area contributed by atoms with Gasteiger partial charge >= 0.3 is 0 Å². The average molecular weight is 374 g/mol. The summed E-state index contributed by atoms with van der Waals surface area (Å²) in [4.78, 5) is 0. The van der Waals surface area contributed by atoms with Crippen LogP contribution in [0, 0.1) is 5.82 Å². The van der Waals surface area contributed by atoms with Crippen molar-refractivity contribution in [1.82, 2.24) is 0 Å². The number of oxime groups is 1. The van der Waals surface area contributed by atoms with Gasteiger partial charge in [-0.1, -0.05) is 44.8 Å². The molecule has 0 unspecified atom stereocenters. The molecule has 4 nitrogen and oxygen atoms in total. The Bertz CT molecular complexity index is 695. The molecular weight excluding hydrogens is 363 g/mol. The van der Waals surface area contributed by atoms with E-state index in [-0.39, 0.29) is 17.5 Å². The van der Waals surface area contributed by atoms with Crippen LogP contribution in [0.15, 0.2) is 46.0 Å². The van der Waals surface area contributed by atoms with Crippen LogP contribution in [0.3, 0.4) is 0 Å². The lowest BCUT2D eigenvalue weighted by Crippen LogP contribution is -2.15. The second-order valence-corrected chi connectivity index (χ2v) is 5.45. The van der Waals surface area contributed by atoms with Crippen molar-refractivity contribution in [2.24, 2.45) is 10.9 Å². The Morgan fingerprint density at radius 1 is 1.38 bits per heavy atom. The summed E-state index contributed by atoms with van der Waals surface area (Å²) in [5.41, 5.74) is 6.30. The van der Waals surface area contributed by atoms with Gasteiger partial charge in [-0.2, -0.15) is 0 Å². The van der Waals surface area contributed by atoms with Gasteiger partial charge in [0, 0.05) is 10.0 Å². The Labute approximate surface area is 134 Å².